The predicted octanol–water partition coefficient (Wildman–Crippen LogP) is 2.82. The molecule has 1 aliphatic heterocycles. The predicted molar refractivity (Wildman–Crippen MR) is 93.4 cm³/mol. The van der Waals surface area contributed by atoms with Crippen molar-refractivity contribution in [2.75, 3.05) is 39.8 Å². The van der Waals surface area contributed by atoms with Gasteiger partial charge in [-0.15, -0.1) is 0 Å². The highest BCUT2D eigenvalue weighted by Gasteiger charge is 2.23. The zero-order valence-corrected chi connectivity index (χ0v) is 14.6. The van der Waals surface area contributed by atoms with Crippen LogP contribution in [0.3, 0.4) is 0 Å². The summed E-state index contributed by atoms with van der Waals surface area (Å²) in [5.41, 5.74) is 1.27. The van der Waals surface area contributed by atoms with Crippen molar-refractivity contribution in [3.8, 4) is 17.9 Å². The molecule has 1 aliphatic rings. The van der Waals surface area contributed by atoms with Gasteiger partial charge in [0.25, 0.3) is 0 Å². The first-order valence-corrected chi connectivity index (χ1v) is 8.55. The maximum Gasteiger partial charge on any atom is 0.119 e. The van der Waals surface area contributed by atoms with Gasteiger partial charge in [0.2, 0.25) is 0 Å². The van der Waals surface area contributed by atoms with Crippen molar-refractivity contribution in [3.63, 3.8) is 0 Å². The fourth-order valence-electron chi connectivity index (χ4n) is 3.19. The van der Waals surface area contributed by atoms with Gasteiger partial charge in [0.05, 0.1) is 25.2 Å². The number of methoxy groups -OCH3 is 1. The Morgan fingerprint density at radius 1 is 1.21 bits per heavy atom. The largest absolute Gasteiger partial charge is 0.497 e. The Hall–Kier alpha value is -2.08. The molecular formula is C19H26N4O. The van der Waals surface area contributed by atoms with Gasteiger partial charge < -0.3 is 4.74 Å². The first kappa shape index (κ1) is 18.3. The normalized spacial score (nSPS) is 18.3. The van der Waals surface area contributed by atoms with Crippen LogP contribution in [0.15, 0.2) is 24.3 Å². The van der Waals surface area contributed by atoms with E-state index in [1.807, 2.05) is 12.1 Å². The van der Waals surface area contributed by atoms with E-state index >= 15 is 0 Å². The Labute approximate surface area is 145 Å². The van der Waals surface area contributed by atoms with Crippen LogP contribution in [-0.2, 0) is 0 Å². The third-order valence-corrected chi connectivity index (χ3v) is 4.80. The van der Waals surface area contributed by atoms with Crippen LogP contribution in [-0.4, -0.2) is 49.6 Å². The maximum atomic E-state index is 9.21. The minimum atomic E-state index is -0.0352. The Morgan fingerprint density at radius 3 is 2.58 bits per heavy atom. The van der Waals surface area contributed by atoms with Crippen molar-refractivity contribution in [1.82, 2.24) is 9.80 Å². The summed E-state index contributed by atoms with van der Waals surface area (Å²) in [6.07, 6.45) is 1.14. The molecule has 1 heterocycles. The molecule has 0 aliphatic carbocycles. The number of rotatable bonds is 7. The third-order valence-electron chi connectivity index (χ3n) is 4.80. The molecule has 0 spiro atoms. The van der Waals surface area contributed by atoms with E-state index in [1.165, 1.54) is 5.56 Å². The number of hydrogen-bond acceptors (Lipinski definition) is 5. The zero-order chi connectivity index (χ0) is 17.4. The monoisotopic (exact) mass is 326 g/mol. The molecule has 1 aromatic carbocycles. The van der Waals surface area contributed by atoms with Crippen LogP contribution < -0.4 is 4.74 Å². The van der Waals surface area contributed by atoms with Crippen molar-refractivity contribution in [2.24, 2.45) is 5.92 Å². The van der Waals surface area contributed by atoms with Crippen LogP contribution in [0.4, 0.5) is 0 Å². The van der Waals surface area contributed by atoms with E-state index in [-0.39, 0.29) is 5.92 Å². The summed E-state index contributed by atoms with van der Waals surface area (Å²) in [6, 6.07) is 13.1. The number of nitrogens with zero attached hydrogens (tertiary/aromatic N) is 4. The van der Waals surface area contributed by atoms with Gasteiger partial charge >= 0.3 is 0 Å². The second-order valence-electron chi connectivity index (χ2n) is 6.31. The minimum absolute atomic E-state index is 0.0352. The molecule has 5 nitrogen and oxygen atoms in total. The number of benzene rings is 1. The van der Waals surface area contributed by atoms with E-state index < -0.39 is 0 Å². The van der Waals surface area contributed by atoms with Gasteiger partial charge in [0.15, 0.2) is 0 Å². The molecule has 24 heavy (non-hydrogen) atoms. The molecular weight excluding hydrogens is 300 g/mol. The molecule has 128 valence electrons. The van der Waals surface area contributed by atoms with Gasteiger partial charge in [0, 0.05) is 45.2 Å². The van der Waals surface area contributed by atoms with Crippen molar-refractivity contribution in [1.29, 1.82) is 10.5 Å². The Bertz CT molecular complexity index is 596. The molecule has 0 unspecified atom stereocenters. The summed E-state index contributed by atoms with van der Waals surface area (Å²) in [4.78, 5) is 4.82. The summed E-state index contributed by atoms with van der Waals surface area (Å²) in [5.74, 6) is 0.861. The SMILES string of the molecule is COc1cccc([C@H](C)N2CCN(C[C@@H](C#N)CCC#N)CC2)c1. The highest BCUT2D eigenvalue weighted by atomic mass is 16.5. The lowest BCUT2D eigenvalue weighted by atomic mass is 10.0. The summed E-state index contributed by atoms with van der Waals surface area (Å²) >= 11 is 0. The van der Waals surface area contributed by atoms with Gasteiger partial charge in [-0.2, -0.15) is 10.5 Å². The summed E-state index contributed by atoms with van der Waals surface area (Å²) < 4.78 is 5.32. The van der Waals surface area contributed by atoms with Crippen LogP contribution in [0.2, 0.25) is 0 Å². The van der Waals surface area contributed by atoms with E-state index in [0.29, 0.717) is 18.9 Å². The van der Waals surface area contributed by atoms with Gasteiger partial charge in [-0.1, -0.05) is 12.1 Å². The van der Waals surface area contributed by atoms with Gasteiger partial charge in [-0.3, -0.25) is 9.80 Å². The van der Waals surface area contributed by atoms with Gasteiger partial charge in [-0.25, -0.2) is 0 Å². The number of nitriles is 2. The average molecular weight is 326 g/mol. The lowest BCUT2D eigenvalue weighted by Crippen LogP contribution is -2.48. The fourth-order valence-corrected chi connectivity index (χ4v) is 3.19. The molecule has 0 aromatic heterocycles. The van der Waals surface area contributed by atoms with Crippen LogP contribution in [0.1, 0.15) is 31.4 Å². The molecule has 1 saturated heterocycles. The van der Waals surface area contributed by atoms with E-state index in [4.69, 9.17) is 10.00 Å². The van der Waals surface area contributed by atoms with Crippen molar-refractivity contribution in [3.05, 3.63) is 29.8 Å². The Morgan fingerprint density at radius 2 is 1.96 bits per heavy atom. The van der Waals surface area contributed by atoms with E-state index in [9.17, 15) is 5.26 Å². The van der Waals surface area contributed by atoms with Crippen LogP contribution >= 0.6 is 0 Å². The first-order chi connectivity index (χ1) is 11.7. The summed E-state index contributed by atoms with van der Waals surface area (Å²) in [6.45, 7) is 6.94. The molecule has 2 atom stereocenters. The number of ether oxygens (including phenoxy) is 1. The van der Waals surface area contributed by atoms with Crippen molar-refractivity contribution >= 4 is 0 Å². The lowest BCUT2D eigenvalue weighted by Gasteiger charge is -2.38. The average Bonchev–Trinajstić information content (AvgIpc) is 2.65. The summed E-state index contributed by atoms with van der Waals surface area (Å²) in [5, 5.41) is 17.9. The molecule has 0 saturated carbocycles. The van der Waals surface area contributed by atoms with Crippen LogP contribution in [0, 0.1) is 28.6 Å². The van der Waals surface area contributed by atoms with E-state index in [1.54, 1.807) is 7.11 Å². The Balaban J connectivity index is 1.85. The molecule has 1 aromatic rings. The maximum absolute atomic E-state index is 9.21. The number of hydrogen-bond donors (Lipinski definition) is 0. The Kier molecular flexibility index (Phi) is 7.06. The molecule has 0 radical (unpaired) electrons. The molecule has 2 rings (SSSR count). The molecule has 0 N–H and O–H groups in total. The fraction of sp³-hybridized carbons (Fsp3) is 0.579. The molecule has 1 fully saturated rings. The second kappa shape index (κ2) is 9.27. The molecule has 0 bridgehead atoms. The van der Waals surface area contributed by atoms with Crippen LogP contribution in [0.5, 0.6) is 5.75 Å². The summed E-state index contributed by atoms with van der Waals surface area (Å²) in [7, 11) is 1.69. The van der Waals surface area contributed by atoms with Gasteiger partial charge in [-0.05, 0) is 31.0 Å². The second-order valence-corrected chi connectivity index (χ2v) is 6.31. The van der Waals surface area contributed by atoms with Gasteiger partial charge in [0.1, 0.15) is 5.75 Å². The zero-order valence-electron chi connectivity index (χ0n) is 14.6. The minimum Gasteiger partial charge on any atom is -0.497 e. The topological polar surface area (TPSA) is 63.3 Å². The quantitative estimate of drug-likeness (QED) is 0.771. The molecule has 0 amide bonds. The number of piperazine rings is 1. The molecule has 5 heteroatoms. The third kappa shape index (κ3) is 4.96. The smallest absolute Gasteiger partial charge is 0.119 e. The van der Waals surface area contributed by atoms with Crippen molar-refractivity contribution in [2.45, 2.75) is 25.8 Å². The standard InChI is InChI=1S/C19H26N4O/c1-16(18-6-3-7-19(13-18)24-2)23-11-9-22(10-12-23)15-17(14-21)5-4-8-20/h3,6-7,13,16-17H,4-5,9-12,15H2,1-2H3/t16-,17+/m0/s1. The first-order valence-electron chi connectivity index (χ1n) is 8.55. The van der Waals surface area contributed by atoms with Crippen molar-refractivity contribution < 1.29 is 4.74 Å². The van der Waals surface area contributed by atoms with E-state index in [0.717, 1.165) is 38.5 Å². The van der Waals surface area contributed by atoms with E-state index in [2.05, 4.69) is 41.0 Å². The highest BCUT2D eigenvalue weighted by Crippen LogP contribution is 2.25. The lowest BCUT2D eigenvalue weighted by molar-refractivity contribution is 0.0954. The highest BCUT2D eigenvalue weighted by molar-refractivity contribution is 5.30. The van der Waals surface area contributed by atoms with Crippen LogP contribution in [0.25, 0.3) is 0 Å².